The van der Waals surface area contributed by atoms with Crippen molar-refractivity contribution in [1.82, 2.24) is 0 Å². The van der Waals surface area contributed by atoms with Gasteiger partial charge in [-0.25, -0.2) is 4.39 Å². The zero-order valence-corrected chi connectivity index (χ0v) is 11.7. The highest BCUT2D eigenvalue weighted by atomic mass is 19.1. The predicted octanol–water partition coefficient (Wildman–Crippen LogP) is 3.13. The van der Waals surface area contributed by atoms with Crippen LogP contribution in [0.3, 0.4) is 0 Å². The molecule has 0 radical (unpaired) electrons. The minimum atomic E-state index is -0.343. The van der Waals surface area contributed by atoms with Crippen LogP contribution in [0.4, 0.5) is 10.1 Å². The molecule has 3 nitrogen and oxygen atoms in total. The molecule has 3 N–H and O–H groups in total. The Labute approximate surface area is 114 Å². The molecule has 0 aliphatic carbocycles. The van der Waals surface area contributed by atoms with Gasteiger partial charge in [-0.2, -0.15) is 0 Å². The van der Waals surface area contributed by atoms with Crippen molar-refractivity contribution < 1.29 is 4.39 Å². The van der Waals surface area contributed by atoms with E-state index in [9.17, 15) is 4.39 Å². The van der Waals surface area contributed by atoms with Gasteiger partial charge in [0.15, 0.2) is 0 Å². The summed E-state index contributed by atoms with van der Waals surface area (Å²) in [6.07, 6.45) is 3.41. The number of amidine groups is 1. The zero-order chi connectivity index (χ0) is 14.0. The molecule has 1 aliphatic rings. The van der Waals surface area contributed by atoms with Crippen molar-refractivity contribution in [2.24, 2.45) is 11.1 Å². The fourth-order valence-electron chi connectivity index (χ4n) is 2.66. The summed E-state index contributed by atoms with van der Waals surface area (Å²) in [6, 6.07) is 4.54. The van der Waals surface area contributed by atoms with Gasteiger partial charge in [0.1, 0.15) is 11.7 Å². The lowest BCUT2D eigenvalue weighted by Crippen LogP contribution is -2.28. The summed E-state index contributed by atoms with van der Waals surface area (Å²) in [7, 11) is 0. The minimum absolute atomic E-state index is 0.0713. The van der Waals surface area contributed by atoms with Gasteiger partial charge in [-0.15, -0.1) is 0 Å². The number of nitrogens with one attached hydrogen (secondary N) is 1. The average Bonchev–Trinajstić information content (AvgIpc) is 2.50. The summed E-state index contributed by atoms with van der Waals surface area (Å²) in [5.41, 5.74) is 7.31. The van der Waals surface area contributed by atoms with Crippen molar-refractivity contribution >= 4 is 11.5 Å². The van der Waals surface area contributed by atoms with Gasteiger partial charge < -0.3 is 10.6 Å². The fourth-order valence-corrected chi connectivity index (χ4v) is 2.66. The quantitative estimate of drug-likeness (QED) is 0.636. The van der Waals surface area contributed by atoms with Crippen LogP contribution in [0, 0.1) is 16.6 Å². The molecule has 1 aromatic rings. The number of halogens is 1. The van der Waals surface area contributed by atoms with Gasteiger partial charge in [-0.05, 0) is 42.9 Å². The molecule has 0 bridgehead atoms. The van der Waals surface area contributed by atoms with E-state index in [4.69, 9.17) is 11.1 Å². The van der Waals surface area contributed by atoms with E-state index in [1.54, 1.807) is 6.07 Å². The van der Waals surface area contributed by atoms with E-state index in [2.05, 4.69) is 18.7 Å². The Bertz CT molecular complexity index is 482. The Kier molecular flexibility index (Phi) is 3.78. The molecular formula is C15H22FN3. The van der Waals surface area contributed by atoms with Crippen LogP contribution in [0.2, 0.25) is 0 Å². The lowest BCUT2D eigenvalue weighted by atomic mass is 9.85. The van der Waals surface area contributed by atoms with Crippen LogP contribution in [0.5, 0.6) is 0 Å². The topological polar surface area (TPSA) is 53.1 Å². The first-order chi connectivity index (χ1) is 8.89. The van der Waals surface area contributed by atoms with E-state index in [0.717, 1.165) is 31.6 Å². The molecule has 0 unspecified atom stereocenters. The lowest BCUT2D eigenvalue weighted by Gasteiger charge is -2.26. The highest BCUT2D eigenvalue weighted by Crippen LogP contribution is 2.32. The molecule has 1 aliphatic heterocycles. The van der Waals surface area contributed by atoms with Gasteiger partial charge in [0.25, 0.3) is 0 Å². The Morgan fingerprint density at radius 2 is 2.05 bits per heavy atom. The number of benzene rings is 1. The number of hydrogen-bond donors (Lipinski definition) is 2. The Morgan fingerprint density at radius 3 is 2.74 bits per heavy atom. The Balaban J connectivity index is 2.29. The van der Waals surface area contributed by atoms with Gasteiger partial charge >= 0.3 is 0 Å². The number of nitrogens with two attached hydrogens (primary N) is 1. The SMILES string of the molecule is CC1(C)CCCN(c2ccc(F)cc2C(=N)N)CC1. The van der Waals surface area contributed by atoms with Gasteiger partial charge in [-0.1, -0.05) is 13.8 Å². The maximum absolute atomic E-state index is 13.3. The first-order valence-corrected chi connectivity index (χ1v) is 6.78. The van der Waals surface area contributed by atoms with Crippen molar-refractivity contribution in [3.63, 3.8) is 0 Å². The second-order valence-corrected chi connectivity index (χ2v) is 6.08. The van der Waals surface area contributed by atoms with Crippen LogP contribution >= 0.6 is 0 Å². The molecule has 104 valence electrons. The van der Waals surface area contributed by atoms with E-state index in [0.29, 0.717) is 11.0 Å². The predicted molar refractivity (Wildman–Crippen MR) is 77.3 cm³/mol. The first-order valence-electron chi connectivity index (χ1n) is 6.78. The van der Waals surface area contributed by atoms with Crippen molar-refractivity contribution in [2.75, 3.05) is 18.0 Å². The molecule has 1 aromatic carbocycles. The summed E-state index contributed by atoms with van der Waals surface area (Å²) < 4.78 is 13.3. The van der Waals surface area contributed by atoms with E-state index in [-0.39, 0.29) is 11.7 Å². The summed E-state index contributed by atoms with van der Waals surface area (Å²) >= 11 is 0. The molecule has 2 rings (SSSR count). The van der Waals surface area contributed by atoms with Gasteiger partial charge in [0.2, 0.25) is 0 Å². The third-order valence-corrected chi connectivity index (χ3v) is 3.93. The summed E-state index contributed by atoms with van der Waals surface area (Å²) in [4.78, 5) is 2.23. The van der Waals surface area contributed by atoms with Crippen molar-refractivity contribution in [1.29, 1.82) is 5.41 Å². The molecule has 1 heterocycles. The standard InChI is InChI=1S/C15H22FN3/c1-15(2)6-3-8-19(9-7-15)13-5-4-11(16)10-12(13)14(17)18/h4-5,10H,3,6-9H2,1-2H3,(H3,17,18). The number of nitrogens with zero attached hydrogens (tertiary/aromatic N) is 1. The fraction of sp³-hybridized carbons (Fsp3) is 0.533. The molecule has 0 amide bonds. The zero-order valence-electron chi connectivity index (χ0n) is 11.7. The van der Waals surface area contributed by atoms with Crippen LogP contribution in [-0.4, -0.2) is 18.9 Å². The maximum atomic E-state index is 13.3. The van der Waals surface area contributed by atoms with Gasteiger partial charge in [0, 0.05) is 24.3 Å². The first kappa shape index (κ1) is 13.8. The second kappa shape index (κ2) is 5.19. The highest BCUT2D eigenvalue weighted by Gasteiger charge is 2.24. The van der Waals surface area contributed by atoms with Gasteiger partial charge in [-0.3, -0.25) is 5.41 Å². The van der Waals surface area contributed by atoms with Crippen LogP contribution < -0.4 is 10.6 Å². The normalized spacial score (nSPS) is 19.0. The van der Waals surface area contributed by atoms with Gasteiger partial charge in [0.05, 0.1) is 0 Å². The van der Waals surface area contributed by atoms with Crippen LogP contribution in [0.25, 0.3) is 0 Å². The summed E-state index contributed by atoms with van der Waals surface area (Å²) in [6.45, 7) is 6.44. The highest BCUT2D eigenvalue weighted by molar-refractivity contribution is 6.00. The molecule has 0 spiro atoms. The van der Waals surface area contributed by atoms with Crippen molar-refractivity contribution in [2.45, 2.75) is 33.1 Å². The van der Waals surface area contributed by atoms with E-state index < -0.39 is 0 Å². The molecule has 19 heavy (non-hydrogen) atoms. The molecule has 0 atom stereocenters. The van der Waals surface area contributed by atoms with Crippen LogP contribution in [0.1, 0.15) is 38.7 Å². The molecule has 0 saturated carbocycles. The molecule has 4 heteroatoms. The minimum Gasteiger partial charge on any atom is -0.384 e. The maximum Gasteiger partial charge on any atom is 0.125 e. The van der Waals surface area contributed by atoms with Crippen LogP contribution in [-0.2, 0) is 0 Å². The second-order valence-electron chi connectivity index (χ2n) is 6.08. The number of hydrogen-bond acceptors (Lipinski definition) is 2. The largest absolute Gasteiger partial charge is 0.384 e. The molecule has 1 saturated heterocycles. The number of nitrogen functional groups attached to an aromatic ring is 1. The van der Waals surface area contributed by atoms with Crippen molar-refractivity contribution in [3.05, 3.63) is 29.6 Å². The Hall–Kier alpha value is -1.58. The third-order valence-electron chi connectivity index (χ3n) is 3.93. The average molecular weight is 263 g/mol. The van der Waals surface area contributed by atoms with E-state index >= 15 is 0 Å². The summed E-state index contributed by atoms with van der Waals surface area (Å²) in [5.74, 6) is -0.415. The van der Waals surface area contributed by atoms with Crippen LogP contribution in [0.15, 0.2) is 18.2 Å². The van der Waals surface area contributed by atoms with E-state index in [1.807, 2.05) is 0 Å². The molecule has 1 fully saturated rings. The van der Waals surface area contributed by atoms with E-state index in [1.165, 1.54) is 18.6 Å². The third kappa shape index (κ3) is 3.25. The lowest BCUT2D eigenvalue weighted by molar-refractivity contribution is 0.325. The smallest absolute Gasteiger partial charge is 0.125 e. The molecule has 0 aromatic heterocycles. The Morgan fingerprint density at radius 1 is 1.32 bits per heavy atom. The monoisotopic (exact) mass is 263 g/mol. The molecular weight excluding hydrogens is 241 g/mol. The summed E-state index contributed by atoms with van der Waals surface area (Å²) in [5, 5.41) is 7.61. The number of anilines is 1. The number of rotatable bonds is 2. The van der Waals surface area contributed by atoms with Crippen molar-refractivity contribution in [3.8, 4) is 0 Å².